The van der Waals surface area contributed by atoms with Crippen molar-refractivity contribution in [3.63, 3.8) is 0 Å². The Hall–Kier alpha value is -3.08. The summed E-state index contributed by atoms with van der Waals surface area (Å²) < 4.78 is 10.8. The number of carbonyl (C=O) groups excluding carboxylic acids is 1. The first-order valence-corrected chi connectivity index (χ1v) is 9.08. The standard InChI is InChI=1S/C22H24N2O3/c1-5-26-18-10-11-20-19(13-18)21(12-15(4)23-20)24-17-8-6-16(7-9-17)22(25)27-14(2)3/h6-14H,5H2,1-4H3,(H,23,24). The number of carbonyl (C=O) groups is 1. The van der Waals surface area contributed by atoms with E-state index in [0.717, 1.165) is 33.7 Å². The molecule has 0 aliphatic carbocycles. The number of fused-ring (bicyclic) bond motifs is 1. The van der Waals surface area contributed by atoms with E-state index in [1.54, 1.807) is 12.1 Å². The van der Waals surface area contributed by atoms with Crippen molar-refractivity contribution in [2.75, 3.05) is 11.9 Å². The quantitative estimate of drug-likeness (QED) is 0.605. The molecule has 0 bridgehead atoms. The molecule has 3 rings (SSSR count). The predicted molar refractivity (Wildman–Crippen MR) is 108 cm³/mol. The maximum Gasteiger partial charge on any atom is 0.338 e. The Morgan fingerprint density at radius 2 is 1.85 bits per heavy atom. The second-order valence-corrected chi connectivity index (χ2v) is 6.58. The van der Waals surface area contributed by atoms with Crippen LogP contribution in [-0.2, 0) is 4.74 Å². The van der Waals surface area contributed by atoms with E-state index in [-0.39, 0.29) is 12.1 Å². The molecule has 0 saturated heterocycles. The van der Waals surface area contributed by atoms with Gasteiger partial charge in [0.1, 0.15) is 5.75 Å². The summed E-state index contributed by atoms with van der Waals surface area (Å²) in [6.07, 6.45) is -0.138. The lowest BCUT2D eigenvalue weighted by atomic mass is 10.1. The molecule has 3 aromatic rings. The molecule has 0 saturated carbocycles. The Labute approximate surface area is 159 Å². The number of ether oxygens (including phenoxy) is 2. The van der Waals surface area contributed by atoms with Gasteiger partial charge in [0, 0.05) is 22.5 Å². The molecule has 140 valence electrons. The third-order valence-electron chi connectivity index (χ3n) is 3.96. The van der Waals surface area contributed by atoms with Crippen molar-refractivity contribution in [1.82, 2.24) is 4.98 Å². The zero-order chi connectivity index (χ0) is 19.4. The van der Waals surface area contributed by atoms with E-state index in [1.165, 1.54) is 0 Å². The molecule has 0 aliphatic heterocycles. The molecule has 2 aromatic carbocycles. The lowest BCUT2D eigenvalue weighted by Gasteiger charge is -2.13. The second-order valence-electron chi connectivity index (χ2n) is 6.58. The predicted octanol–water partition coefficient (Wildman–Crippen LogP) is 5.25. The number of esters is 1. The van der Waals surface area contributed by atoms with Crippen molar-refractivity contribution in [2.45, 2.75) is 33.8 Å². The number of hydrogen-bond acceptors (Lipinski definition) is 5. The highest BCUT2D eigenvalue weighted by Crippen LogP contribution is 2.29. The summed E-state index contributed by atoms with van der Waals surface area (Å²) in [6.45, 7) is 8.21. The van der Waals surface area contributed by atoms with E-state index < -0.39 is 0 Å². The number of aromatic nitrogens is 1. The molecular weight excluding hydrogens is 340 g/mol. The van der Waals surface area contributed by atoms with Crippen LogP contribution in [-0.4, -0.2) is 23.7 Å². The average Bonchev–Trinajstić information content (AvgIpc) is 2.62. The summed E-state index contributed by atoms with van der Waals surface area (Å²) in [5.74, 6) is 0.494. The molecule has 1 aromatic heterocycles. The lowest BCUT2D eigenvalue weighted by molar-refractivity contribution is 0.0378. The summed E-state index contributed by atoms with van der Waals surface area (Å²) in [5, 5.41) is 4.40. The van der Waals surface area contributed by atoms with Gasteiger partial charge in [-0.05, 0) is 76.2 Å². The van der Waals surface area contributed by atoms with Crippen molar-refractivity contribution in [3.05, 3.63) is 59.8 Å². The van der Waals surface area contributed by atoms with Gasteiger partial charge >= 0.3 is 5.97 Å². The minimum atomic E-state index is -0.317. The number of benzene rings is 2. The molecule has 27 heavy (non-hydrogen) atoms. The van der Waals surface area contributed by atoms with Gasteiger partial charge in [-0.25, -0.2) is 4.79 Å². The van der Waals surface area contributed by atoms with Gasteiger partial charge in [0.15, 0.2) is 0 Å². The Morgan fingerprint density at radius 3 is 2.52 bits per heavy atom. The molecule has 0 unspecified atom stereocenters. The normalized spacial score (nSPS) is 10.9. The Balaban J connectivity index is 1.89. The molecule has 0 atom stereocenters. The van der Waals surface area contributed by atoms with Crippen molar-refractivity contribution in [1.29, 1.82) is 0 Å². The maximum atomic E-state index is 12.0. The van der Waals surface area contributed by atoms with Gasteiger partial charge < -0.3 is 14.8 Å². The van der Waals surface area contributed by atoms with E-state index >= 15 is 0 Å². The summed E-state index contributed by atoms with van der Waals surface area (Å²) >= 11 is 0. The van der Waals surface area contributed by atoms with Gasteiger partial charge in [-0.2, -0.15) is 0 Å². The molecule has 5 nitrogen and oxygen atoms in total. The smallest absolute Gasteiger partial charge is 0.338 e. The molecule has 5 heteroatoms. The van der Waals surface area contributed by atoms with Crippen molar-refractivity contribution in [3.8, 4) is 5.75 Å². The first-order valence-electron chi connectivity index (χ1n) is 9.08. The van der Waals surface area contributed by atoms with Gasteiger partial charge in [0.05, 0.1) is 23.8 Å². The van der Waals surface area contributed by atoms with Crippen LogP contribution in [0, 0.1) is 6.92 Å². The number of hydrogen-bond donors (Lipinski definition) is 1. The van der Waals surface area contributed by atoms with Crippen molar-refractivity contribution >= 4 is 28.2 Å². The number of pyridine rings is 1. The molecule has 0 amide bonds. The number of aryl methyl sites for hydroxylation is 1. The van der Waals surface area contributed by atoms with Crippen LogP contribution < -0.4 is 10.1 Å². The fourth-order valence-corrected chi connectivity index (χ4v) is 2.82. The molecule has 0 fully saturated rings. The zero-order valence-electron chi connectivity index (χ0n) is 16.1. The monoisotopic (exact) mass is 364 g/mol. The first-order chi connectivity index (χ1) is 13.0. The maximum absolute atomic E-state index is 12.0. The zero-order valence-corrected chi connectivity index (χ0v) is 16.1. The van der Waals surface area contributed by atoms with Crippen molar-refractivity contribution < 1.29 is 14.3 Å². The van der Waals surface area contributed by atoms with E-state index in [1.807, 2.05) is 64.1 Å². The summed E-state index contributed by atoms with van der Waals surface area (Å²) in [6, 6.07) is 15.1. The minimum absolute atomic E-state index is 0.138. The Bertz CT molecular complexity index is 950. The SMILES string of the molecule is CCOc1ccc2nc(C)cc(Nc3ccc(C(=O)OC(C)C)cc3)c2c1. The topological polar surface area (TPSA) is 60.5 Å². The second kappa shape index (κ2) is 8.08. The molecule has 0 aliphatic rings. The highest BCUT2D eigenvalue weighted by molar-refractivity contribution is 5.94. The van der Waals surface area contributed by atoms with E-state index in [4.69, 9.17) is 9.47 Å². The van der Waals surface area contributed by atoms with Crippen LogP contribution in [0.3, 0.4) is 0 Å². The molecule has 0 radical (unpaired) electrons. The summed E-state index contributed by atoms with van der Waals surface area (Å²) in [5.41, 5.74) is 4.18. The van der Waals surface area contributed by atoms with Gasteiger partial charge in [-0.3, -0.25) is 4.98 Å². The van der Waals surface area contributed by atoms with E-state index in [0.29, 0.717) is 12.2 Å². The highest BCUT2D eigenvalue weighted by Gasteiger charge is 2.10. The molecule has 0 spiro atoms. The Kier molecular flexibility index (Phi) is 5.60. The van der Waals surface area contributed by atoms with Crippen molar-refractivity contribution in [2.24, 2.45) is 0 Å². The summed E-state index contributed by atoms with van der Waals surface area (Å²) in [7, 11) is 0. The third kappa shape index (κ3) is 4.56. The number of anilines is 2. The van der Waals surface area contributed by atoms with Gasteiger partial charge in [0.25, 0.3) is 0 Å². The largest absolute Gasteiger partial charge is 0.494 e. The van der Waals surface area contributed by atoms with E-state index in [2.05, 4.69) is 10.3 Å². The molecular formula is C22H24N2O3. The summed E-state index contributed by atoms with van der Waals surface area (Å²) in [4.78, 5) is 16.6. The van der Waals surface area contributed by atoms with Crippen LogP contribution >= 0.6 is 0 Å². The van der Waals surface area contributed by atoms with Gasteiger partial charge in [-0.1, -0.05) is 0 Å². The van der Waals surface area contributed by atoms with Crippen LogP contribution in [0.15, 0.2) is 48.5 Å². The fourth-order valence-electron chi connectivity index (χ4n) is 2.82. The van der Waals surface area contributed by atoms with E-state index in [9.17, 15) is 4.79 Å². The van der Waals surface area contributed by atoms with Crippen LogP contribution in [0.5, 0.6) is 5.75 Å². The van der Waals surface area contributed by atoms with Crippen LogP contribution in [0.1, 0.15) is 36.8 Å². The van der Waals surface area contributed by atoms with Crippen LogP contribution in [0.25, 0.3) is 10.9 Å². The van der Waals surface area contributed by atoms with Gasteiger partial charge in [0.2, 0.25) is 0 Å². The van der Waals surface area contributed by atoms with Gasteiger partial charge in [-0.15, -0.1) is 0 Å². The fraction of sp³-hybridized carbons (Fsp3) is 0.273. The average molecular weight is 364 g/mol. The molecule has 1 heterocycles. The lowest BCUT2D eigenvalue weighted by Crippen LogP contribution is -2.11. The highest BCUT2D eigenvalue weighted by atomic mass is 16.5. The third-order valence-corrected chi connectivity index (χ3v) is 3.96. The minimum Gasteiger partial charge on any atom is -0.494 e. The number of nitrogens with one attached hydrogen (secondary N) is 1. The van der Waals surface area contributed by atoms with Crippen LogP contribution in [0.4, 0.5) is 11.4 Å². The molecule has 1 N–H and O–H groups in total. The first kappa shape index (κ1) is 18.7. The van der Waals surface area contributed by atoms with Crippen LogP contribution in [0.2, 0.25) is 0 Å². The number of rotatable bonds is 6. The number of nitrogens with zero attached hydrogens (tertiary/aromatic N) is 1. The Morgan fingerprint density at radius 1 is 1.11 bits per heavy atom.